The van der Waals surface area contributed by atoms with Crippen LogP contribution in [0.3, 0.4) is 0 Å². The summed E-state index contributed by atoms with van der Waals surface area (Å²) in [5, 5.41) is 19.4. The van der Waals surface area contributed by atoms with Crippen LogP contribution in [0.25, 0.3) is 0 Å². The first-order valence-electron chi connectivity index (χ1n) is 20.6. The molecule has 0 aliphatic carbocycles. The van der Waals surface area contributed by atoms with Crippen LogP contribution in [-0.2, 0) is 38.1 Å². The first kappa shape index (κ1) is 47.3. The largest absolute Gasteiger partial charge is 0.481 e. The lowest BCUT2D eigenvalue weighted by Crippen LogP contribution is -2.31. The number of ether oxygens (including phenoxy) is 4. The summed E-state index contributed by atoms with van der Waals surface area (Å²) in [5.74, 6) is -2.08. The molecule has 0 aromatic carbocycles. The van der Waals surface area contributed by atoms with Crippen LogP contribution in [0.2, 0.25) is 0 Å². The number of esters is 3. The average molecular weight is 737 g/mol. The van der Waals surface area contributed by atoms with Gasteiger partial charge in [-0.1, -0.05) is 109 Å². The average Bonchev–Trinajstić information content (AvgIpc) is 3.87. The van der Waals surface area contributed by atoms with E-state index in [1.54, 1.807) is 0 Å². The zero-order valence-corrected chi connectivity index (χ0v) is 32.6. The Labute approximate surface area is 314 Å². The fourth-order valence-corrected chi connectivity index (χ4v) is 6.06. The molecule has 0 aromatic rings. The Hall–Kier alpha value is -2.72. The number of rotatable bonds is 36. The van der Waals surface area contributed by atoms with Gasteiger partial charge in [0.05, 0.1) is 18.3 Å². The number of carboxylic acids is 1. The SMILES string of the molecule is CCCCCC(OC(=O)CCCC(=O)O)C(O)C/C=C\CCCCCCCC(=O)OCOC(=O)CCCCCCC/C=C\C[C@@H]1O[C@@H]1CCCCC. The lowest BCUT2D eigenvalue weighted by molar-refractivity contribution is -0.167. The molecule has 0 radical (unpaired) electrons. The molecule has 1 aliphatic rings. The molecule has 1 fully saturated rings. The summed E-state index contributed by atoms with van der Waals surface area (Å²) in [4.78, 5) is 46.7. The first-order chi connectivity index (χ1) is 25.3. The predicted octanol–water partition coefficient (Wildman–Crippen LogP) is 9.84. The number of carbonyl (C=O) groups is 4. The van der Waals surface area contributed by atoms with Crippen molar-refractivity contribution in [1.29, 1.82) is 0 Å². The van der Waals surface area contributed by atoms with E-state index in [2.05, 4.69) is 26.0 Å². The van der Waals surface area contributed by atoms with E-state index in [9.17, 15) is 24.3 Å². The predicted molar refractivity (Wildman–Crippen MR) is 204 cm³/mol. The zero-order valence-electron chi connectivity index (χ0n) is 32.6. The van der Waals surface area contributed by atoms with Gasteiger partial charge in [-0.25, -0.2) is 0 Å². The molecular weight excluding hydrogens is 664 g/mol. The Morgan fingerprint density at radius 2 is 1.17 bits per heavy atom. The number of epoxide rings is 1. The van der Waals surface area contributed by atoms with Crippen molar-refractivity contribution < 1.29 is 48.3 Å². The van der Waals surface area contributed by atoms with Crippen LogP contribution in [0.5, 0.6) is 0 Å². The van der Waals surface area contributed by atoms with Gasteiger partial charge >= 0.3 is 23.9 Å². The highest BCUT2D eigenvalue weighted by Gasteiger charge is 2.36. The Balaban J connectivity index is 1.96. The number of hydrogen-bond acceptors (Lipinski definition) is 9. The number of aliphatic carboxylic acids is 1. The van der Waals surface area contributed by atoms with E-state index in [4.69, 9.17) is 24.1 Å². The van der Waals surface area contributed by atoms with Gasteiger partial charge in [0.2, 0.25) is 6.79 Å². The Kier molecular flexibility index (Phi) is 29.9. The Morgan fingerprint density at radius 1 is 0.615 bits per heavy atom. The van der Waals surface area contributed by atoms with Crippen LogP contribution in [0.1, 0.15) is 187 Å². The van der Waals surface area contributed by atoms with Crippen LogP contribution in [0.4, 0.5) is 0 Å². The van der Waals surface area contributed by atoms with Crippen molar-refractivity contribution in [2.24, 2.45) is 0 Å². The summed E-state index contributed by atoms with van der Waals surface area (Å²) in [5.41, 5.74) is 0. The monoisotopic (exact) mass is 737 g/mol. The smallest absolute Gasteiger partial charge is 0.308 e. The van der Waals surface area contributed by atoms with Gasteiger partial charge in [-0.2, -0.15) is 0 Å². The van der Waals surface area contributed by atoms with Crippen LogP contribution in [-0.4, -0.2) is 65.3 Å². The molecule has 1 heterocycles. The molecule has 52 heavy (non-hydrogen) atoms. The van der Waals surface area contributed by atoms with Crippen LogP contribution < -0.4 is 0 Å². The van der Waals surface area contributed by atoms with E-state index in [0.717, 1.165) is 103 Å². The third-order valence-electron chi connectivity index (χ3n) is 9.38. The summed E-state index contributed by atoms with van der Waals surface area (Å²) in [6, 6.07) is 0. The highest BCUT2D eigenvalue weighted by atomic mass is 16.7. The van der Waals surface area contributed by atoms with Crippen LogP contribution in [0.15, 0.2) is 24.3 Å². The highest BCUT2D eigenvalue weighted by molar-refractivity contribution is 5.72. The first-order valence-corrected chi connectivity index (χ1v) is 20.6. The molecule has 0 aromatic heterocycles. The van der Waals surface area contributed by atoms with E-state index < -0.39 is 24.1 Å². The number of allylic oxidation sites excluding steroid dienone is 2. The Morgan fingerprint density at radius 3 is 1.79 bits per heavy atom. The fraction of sp³-hybridized carbons (Fsp3) is 0.810. The van der Waals surface area contributed by atoms with Gasteiger partial charge in [-0.3, -0.25) is 19.2 Å². The maximum atomic E-state index is 12.1. The topological polar surface area (TPSA) is 149 Å². The number of hydrogen-bond donors (Lipinski definition) is 2. The lowest BCUT2D eigenvalue weighted by Gasteiger charge is -2.22. The van der Waals surface area contributed by atoms with Gasteiger partial charge < -0.3 is 29.2 Å². The molecule has 10 nitrogen and oxygen atoms in total. The molecule has 0 amide bonds. The quantitative estimate of drug-likeness (QED) is 0.0209. The van der Waals surface area contributed by atoms with E-state index in [-0.39, 0.29) is 38.0 Å². The van der Waals surface area contributed by atoms with Gasteiger partial charge in [0.25, 0.3) is 0 Å². The van der Waals surface area contributed by atoms with Crippen LogP contribution >= 0.6 is 0 Å². The summed E-state index contributed by atoms with van der Waals surface area (Å²) in [7, 11) is 0. The van der Waals surface area contributed by atoms with Gasteiger partial charge in [-0.15, -0.1) is 0 Å². The molecule has 1 saturated heterocycles. The molecule has 2 unspecified atom stereocenters. The van der Waals surface area contributed by atoms with Crippen molar-refractivity contribution >= 4 is 23.9 Å². The van der Waals surface area contributed by atoms with E-state index in [0.29, 0.717) is 37.9 Å². The van der Waals surface area contributed by atoms with E-state index in [1.807, 2.05) is 12.2 Å². The maximum absolute atomic E-state index is 12.1. The zero-order chi connectivity index (χ0) is 38.1. The molecule has 10 heteroatoms. The molecule has 300 valence electrons. The number of carboxylic acid groups (broad SMARTS) is 1. The van der Waals surface area contributed by atoms with Crippen molar-refractivity contribution in [3.63, 3.8) is 0 Å². The number of carbonyl (C=O) groups excluding carboxylic acids is 3. The molecule has 0 saturated carbocycles. The minimum absolute atomic E-state index is 0.0342. The molecular formula is C42H72O10. The highest BCUT2D eigenvalue weighted by Crippen LogP contribution is 2.30. The molecule has 4 atom stereocenters. The van der Waals surface area contributed by atoms with Crippen molar-refractivity contribution in [2.75, 3.05) is 6.79 Å². The summed E-state index contributed by atoms with van der Waals surface area (Å²) in [6.07, 6.45) is 30.7. The summed E-state index contributed by atoms with van der Waals surface area (Å²) in [6.45, 7) is 4.00. The van der Waals surface area contributed by atoms with Gasteiger partial charge in [-0.05, 0) is 77.0 Å². The number of aliphatic hydroxyl groups is 1. The van der Waals surface area contributed by atoms with Crippen molar-refractivity contribution in [2.45, 2.75) is 212 Å². The van der Waals surface area contributed by atoms with Crippen molar-refractivity contribution in [3.05, 3.63) is 24.3 Å². The second-order valence-corrected chi connectivity index (χ2v) is 14.2. The second kappa shape index (κ2) is 32.9. The second-order valence-electron chi connectivity index (χ2n) is 14.2. The van der Waals surface area contributed by atoms with Gasteiger partial charge in [0.1, 0.15) is 6.10 Å². The minimum atomic E-state index is -0.943. The van der Waals surface area contributed by atoms with Gasteiger partial charge in [0.15, 0.2) is 0 Å². The molecule has 0 bridgehead atoms. The van der Waals surface area contributed by atoms with Crippen LogP contribution in [0, 0.1) is 0 Å². The van der Waals surface area contributed by atoms with Crippen molar-refractivity contribution in [1.82, 2.24) is 0 Å². The standard InChI is InChI=1S/C42H72O10/c1-3-5-19-27-36(52-42(48)33-25-30-39(44)45)35(43)26-21-15-11-7-9-13-17-23-31-40(46)49-34-50-41(47)32-24-18-14-10-8-12-16-22-29-38-37(51-38)28-20-6-4-2/h15-16,21-22,35-38,43H,3-14,17-20,23-34H2,1-2H3,(H,44,45)/b21-15-,22-16-/t35?,36?,37-,38+/m1/s1. The van der Waals surface area contributed by atoms with Crippen molar-refractivity contribution in [3.8, 4) is 0 Å². The lowest BCUT2D eigenvalue weighted by atomic mass is 10.0. The number of aliphatic hydroxyl groups excluding tert-OH is 1. The number of unbranched alkanes of at least 4 members (excludes halogenated alkanes) is 14. The molecule has 1 rings (SSSR count). The maximum Gasteiger partial charge on any atom is 0.308 e. The Bertz CT molecular complexity index is 993. The minimum Gasteiger partial charge on any atom is -0.481 e. The van der Waals surface area contributed by atoms with E-state index >= 15 is 0 Å². The van der Waals surface area contributed by atoms with E-state index in [1.165, 1.54) is 25.7 Å². The third kappa shape index (κ3) is 28.8. The summed E-state index contributed by atoms with van der Waals surface area (Å²) < 4.78 is 21.3. The third-order valence-corrected chi connectivity index (χ3v) is 9.38. The molecule has 2 N–H and O–H groups in total. The molecule has 0 spiro atoms. The summed E-state index contributed by atoms with van der Waals surface area (Å²) >= 11 is 0. The van der Waals surface area contributed by atoms with Gasteiger partial charge in [0, 0.05) is 25.7 Å². The molecule has 1 aliphatic heterocycles. The fourth-order valence-electron chi connectivity index (χ4n) is 6.06. The normalized spacial score (nSPS) is 16.6.